The van der Waals surface area contributed by atoms with E-state index in [1.54, 1.807) is 14.0 Å². The largest absolute Gasteiger partial charge is 0.396 e. The molecule has 6 nitrogen and oxygen atoms in total. The van der Waals surface area contributed by atoms with Crippen molar-refractivity contribution >= 4 is 33.1 Å². The number of aryl methyl sites for hydroxylation is 2. The van der Waals surface area contributed by atoms with Gasteiger partial charge in [0.25, 0.3) is 10.0 Å². The Bertz CT molecular complexity index is 773. The summed E-state index contributed by atoms with van der Waals surface area (Å²) in [5.41, 5.74) is 5.66. The second-order valence-corrected chi connectivity index (χ2v) is 6.29. The standard InChI is InChI=1S/C11H12ClFN4O2S/c1-6-3-10(17(2)15-6)16-20(18,19)9-5-7(12)4-8(14)11(9)13/h3-5,16H,14H2,1-2H3. The minimum absolute atomic E-state index is 0.0328. The van der Waals surface area contributed by atoms with Crippen LogP contribution in [0.5, 0.6) is 0 Å². The van der Waals surface area contributed by atoms with Crippen LogP contribution in [-0.4, -0.2) is 18.2 Å². The van der Waals surface area contributed by atoms with Crippen molar-refractivity contribution in [2.75, 3.05) is 10.5 Å². The Morgan fingerprint density at radius 2 is 2.05 bits per heavy atom. The summed E-state index contributed by atoms with van der Waals surface area (Å²) in [6.07, 6.45) is 0. The number of nitrogen functional groups attached to an aromatic ring is 1. The number of benzene rings is 1. The number of hydrogen-bond acceptors (Lipinski definition) is 4. The summed E-state index contributed by atoms with van der Waals surface area (Å²) in [5.74, 6) is -0.832. The van der Waals surface area contributed by atoms with Crippen LogP contribution in [0.4, 0.5) is 15.9 Å². The Kier molecular flexibility index (Phi) is 3.61. The second kappa shape index (κ2) is 4.95. The lowest BCUT2D eigenvalue weighted by Crippen LogP contribution is -2.17. The van der Waals surface area contributed by atoms with Crippen LogP contribution in [0.15, 0.2) is 23.1 Å². The van der Waals surface area contributed by atoms with E-state index in [0.717, 1.165) is 12.1 Å². The van der Waals surface area contributed by atoms with Gasteiger partial charge in [-0.3, -0.25) is 9.40 Å². The fourth-order valence-corrected chi connectivity index (χ4v) is 3.18. The number of aromatic nitrogens is 2. The molecule has 2 aromatic rings. The highest BCUT2D eigenvalue weighted by Crippen LogP contribution is 2.26. The van der Waals surface area contributed by atoms with Crippen molar-refractivity contribution in [1.82, 2.24) is 9.78 Å². The molecule has 0 saturated heterocycles. The average molecular weight is 319 g/mol. The van der Waals surface area contributed by atoms with E-state index in [4.69, 9.17) is 17.3 Å². The van der Waals surface area contributed by atoms with Gasteiger partial charge in [-0.2, -0.15) is 5.10 Å². The average Bonchev–Trinajstić information content (AvgIpc) is 2.61. The van der Waals surface area contributed by atoms with E-state index in [9.17, 15) is 12.8 Å². The molecular weight excluding hydrogens is 307 g/mol. The summed E-state index contributed by atoms with van der Waals surface area (Å²) in [6, 6.07) is 3.66. The zero-order chi connectivity index (χ0) is 15.1. The van der Waals surface area contributed by atoms with Gasteiger partial charge in [-0.25, -0.2) is 12.8 Å². The molecule has 0 spiro atoms. The summed E-state index contributed by atoms with van der Waals surface area (Å²) >= 11 is 5.71. The van der Waals surface area contributed by atoms with Crippen LogP contribution in [0, 0.1) is 12.7 Å². The molecule has 0 aliphatic carbocycles. The predicted octanol–water partition coefficient (Wildman–Crippen LogP) is 1.90. The van der Waals surface area contributed by atoms with Crippen molar-refractivity contribution in [2.45, 2.75) is 11.8 Å². The van der Waals surface area contributed by atoms with Gasteiger partial charge in [0.1, 0.15) is 10.7 Å². The van der Waals surface area contributed by atoms with E-state index in [1.165, 1.54) is 10.7 Å². The molecule has 1 heterocycles. The van der Waals surface area contributed by atoms with Crippen LogP contribution in [0.1, 0.15) is 5.69 Å². The maximum Gasteiger partial charge on any atom is 0.266 e. The van der Waals surface area contributed by atoms with Gasteiger partial charge in [0.2, 0.25) is 0 Å². The number of nitrogens with two attached hydrogens (primary N) is 1. The van der Waals surface area contributed by atoms with E-state index < -0.39 is 20.7 Å². The van der Waals surface area contributed by atoms with Gasteiger partial charge in [-0.05, 0) is 19.1 Å². The lowest BCUT2D eigenvalue weighted by Gasteiger charge is -2.10. The molecule has 0 atom stereocenters. The number of anilines is 2. The van der Waals surface area contributed by atoms with Gasteiger partial charge < -0.3 is 5.73 Å². The smallest absolute Gasteiger partial charge is 0.266 e. The van der Waals surface area contributed by atoms with Crippen molar-refractivity contribution < 1.29 is 12.8 Å². The van der Waals surface area contributed by atoms with Crippen LogP contribution in [-0.2, 0) is 17.1 Å². The zero-order valence-corrected chi connectivity index (χ0v) is 12.3. The molecule has 3 N–H and O–H groups in total. The first-order chi connectivity index (χ1) is 9.20. The molecule has 0 bridgehead atoms. The Balaban J connectivity index is 2.49. The molecule has 20 heavy (non-hydrogen) atoms. The first-order valence-electron chi connectivity index (χ1n) is 5.48. The minimum Gasteiger partial charge on any atom is -0.396 e. The van der Waals surface area contributed by atoms with Crippen molar-refractivity contribution in [3.63, 3.8) is 0 Å². The highest BCUT2D eigenvalue weighted by molar-refractivity contribution is 7.92. The topological polar surface area (TPSA) is 90.0 Å². The SMILES string of the molecule is Cc1cc(NS(=O)(=O)c2cc(Cl)cc(N)c2F)n(C)n1. The van der Waals surface area contributed by atoms with Gasteiger partial charge in [0.05, 0.1) is 11.4 Å². The molecule has 1 aromatic heterocycles. The van der Waals surface area contributed by atoms with Gasteiger partial charge in [-0.15, -0.1) is 0 Å². The third-order valence-corrected chi connectivity index (χ3v) is 4.13. The maximum absolute atomic E-state index is 13.9. The number of sulfonamides is 1. The van der Waals surface area contributed by atoms with E-state index in [1.807, 2.05) is 0 Å². The fourth-order valence-electron chi connectivity index (χ4n) is 1.68. The van der Waals surface area contributed by atoms with E-state index >= 15 is 0 Å². The third kappa shape index (κ3) is 2.70. The molecule has 0 amide bonds. The number of nitrogens with zero attached hydrogens (tertiary/aromatic N) is 2. The first kappa shape index (κ1) is 14.6. The number of rotatable bonds is 3. The van der Waals surface area contributed by atoms with Crippen LogP contribution in [0.2, 0.25) is 5.02 Å². The summed E-state index contributed by atoms with van der Waals surface area (Å²) in [7, 11) is -2.59. The molecule has 2 rings (SSSR count). The summed E-state index contributed by atoms with van der Waals surface area (Å²) in [6.45, 7) is 1.70. The van der Waals surface area contributed by atoms with Crippen molar-refractivity contribution in [3.8, 4) is 0 Å². The highest BCUT2D eigenvalue weighted by Gasteiger charge is 2.23. The molecule has 9 heteroatoms. The van der Waals surface area contributed by atoms with E-state index in [2.05, 4.69) is 9.82 Å². The Hall–Kier alpha value is -1.80. The molecule has 0 fully saturated rings. The lowest BCUT2D eigenvalue weighted by molar-refractivity contribution is 0.572. The predicted molar refractivity (Wildman–Crippen MR) is 74.6 cm³/mol. The van der Waals surface area contributed by atoms with Crippen molar-refractivity contribution in [2.24, 2.45) is 7.05 Å². The van der Waals surface area contributed by atoms with Gasteiger partial charge in [0.15, 0.2) is 5.82 Å². The van der Waals surface area contributed by atoms with Crippen LogP contribution in [0.25, 0.3) is 0 Å². The van der Waals surface area contributed by atoms with Crippen LogP contribution >= 0.6 is 11.6 Å². The Labute approximate surface area is 120 Å². The van der Waals surface area contributed by atoms with E-state index in [-0.39, 0.29) is 16.5 Å². The van der Waals surface area contributed by atoms with E-state index in [0.29, 0.717) is 5.69 Å². The molecule has 0 saturated carbocycles. The zero-order valence-electron chi connectivity index (χ0n) is 10.7. The van der Waals surface area contributed by atoms with Crippen LogP contribution < -0.4 is 10.5 Å². The third-order valence-electron chi connectivity index (χ3n) is 2.56. The number of hydrogen-bond donors (Lipinski definition) is 2. The van der Waals surface area contributed by atoms with Gasteiger partial charge in [-0.1, -0.05) is 11.6 Å². The van der Waals surface area contributed by atoms with Gasteiger partial charge >= 0.3 is 0 Å². The second-order valence-electron chi connectivity index (χ2n) is 4.21. The van der Waals surface area contributed by atoms with Gasteiger partial charge in [0, 0.05) is 18.1 Å². The molecule has 0 radical (unpaired) electrons. The number of halogens is 2. The monoisotopic (exact) mass is 318 g/mol. The molecular formula is C11H12ClFN4O2S. The first-order valence-corrected chi connectivity index (χ1v) is 7.35. The quantitative estimate of drug-likeness (QED) is 0.846. The summed E-state index contributed by atoms with van der Waals surface area (Å²) in [4.78, 5) is -0.610. The van der Waals surface area contributed by atoms with Crippen molar-refractivity contribution in [3.05, 3.63) is 34.7 Å². The van der Waals surface area contributed by atoms with Crippen molar-refractivity contribution in [1.29, 1.82) is 0 Å². The number of nitrogens with one attached hydrogen (secondary N) is 1. The molecule has 0 aliphatic heterocycles. The minimum atomic E-state index is -4.15. The summed E-state index contributed by atoms with van der Waals surface area (Å²) in [5, 5.41) is 4.02. The molecule has 1 aromatic carbocycles. The Morgan fingerprint density at radius 3 is 2.60 bits per heavy atom. The van der Waals surface area contributed by atoms with Crippen LogP contribution in [0.3, 0.4) is 0 Å². The molecule has 108 valence electrons. The molecule has 0 aliphatic rings. The fraction of sp³-hybridized carbons (Fsp3) is 0.182. The maximum atomic E-state index is 13.9. The normalized spacial score (nSPS) is 11.6. The Morgan fingerprint density at radius 1 is 1.40 bits per heavy atom. The lowest BCUT2D eigenvalue weighted by atomic mass is 10.3. The highest BCUT2D eigenvalue weighted by atomic mass is 35.5. The molecule has 0 unspecified atom stereocenters. The summed E-state index contributed by atoms with van der Waals surface area (Å²) < 4.78 is 41.8.